The van der Waals surface area contributed by atoms with Crippen LogP contribution in [0.25, 0.3) is 6.08 Å². The van der Waals surface area contributed by atoms with Crippen LogP contribution in [0.2, 0.25) is 0 Å². The largest absolute Gasteiger partial charge is 0.295 e. The van der Waals surface area contributed by atoms with Gasteiger partial charge in [0.1, 0.15) is 0 Å². The zero-order valence-corrected chi connectivity index (χ0v) is 12.4. The second kappa shape index (κ2) is 7.26. The zero-order chi connectivity index (χ0) is 15.1. The van der Waals surface area contributed by atoms with Crippen molar-refractivity contribution in [1.82, 2.24) is 0 Å². The van der Waals surface area contributed by atoms with Crippen molar-refractivity contribution < 1.29 is 4.79 Å². The van der Waals surface area contributed by atoms with E-state index in [9.17, 15) is 4.79 Å². The summed E-state index contributed by atoms with van der Waals surface area (Å²) in [7, 11) is 0. The van der Waals surface area contributed by atoms with Gasteiger partial charge < -0.3 is 0 Å². The average Bonchev–Trinajstić information content (AvgIpc) is 2.52. The number of aryl methyl sites for hydroxylation is 1. The molecule has 0 N–H and O–H groups in total. The molecule has 2 rings (SSSR count). The van der Waals surface area contributed by atoms with E-state index in [-0.39, 0.29) is 5.78 Å². The second-order valence-corrected chi connectivity index (χ2v) is 4.83. The first kappa shape index (κ1) is 14.8. The third-order valence-corrected chi connectivity index (χ3v) is 3.26. The van der Waals surface area contributed by atoms with Crippen LogP contribution in [0.15, 0.2) is 54.6 Å². The van der Waals surface area contributed by atoms with E-state index in [1.54, 1.807) is 6.92 Å². The molecule has 0 fully saturated rings. The maximum absolute atomic E-state index is 11.2. The van der Waals surface area contributed by atoms with E-state index in [0.29, 0.717) is 0 Å². The van der Waals surface area contributed by atoms with Crippen LogP contribution < -0.4 is 0 Å². The van der Waals surface area contributed by atoms with Crippen molar-refractivity contribution in [2.75, 3.05) is 0 Å². The minimum atomic E-state index is 0.0841. The molecule has 0 bridgehead atoms. The van der Waals surface area contributed by atoms with Crippen molar-refractivity contribution in [1.29, 1.82) is 0 Å². The summed E-state index contributed by atoms with van der Waals surface area (Å²) in [5.74, 6) is 6.22. The fraction of sp³-hybridized carbons (Fsp3) is 0.150. The van der Waals surface area contributed by atoms with Gasteiger partial charge in [-0.05, 0) is 48.8 Å². The summed E-state index contributed by atoms with van der Waals surface area (Å²) in [5.41, 5.74) is 4.11. The standard InChI is InChI=1S/C20H18O/c1-3-17-8-10-18(11-9-17)6-4-5-7-19-12-14-20(15-13-19)16(2)21/h5,7-15H,3H2,1-2H3/b7-5+. The molecule has 2 aromatic carbocycles. The van der Waals surface area contributed by atoms with Crippen LogP contribution in [0, 0.1) is 11.8 Å². The van der Waals surface area contributed by atoms with Crippen LogP contribution in [-0.2, 0) is 6.42 Å². The van der Waals surface area contributed by atoms with Crippen molar-refractivity contribution in [3.05, 3.63) is 76.9 Å². The van der Waals surface area contributed by atoms with Crippen LogP contribution >= 0.6 is 0 Å². The predicted molar refractivity (Wildman–Crippen MR) is 88.2 cm³/mol. The highest BCUT2D eigenvalue weighted by Gasteiger charge is 1.96. The quantitative estimate of drug-likeness (QED) is 0.594. The SMILES string of the molecule is CCc1ccc(C#C/C=C/c2ccc(C(C)=O)cc2)cc1. The number of Topliss-reactive ketones (excluding diaryl/α,β-unsaturated/α-hetero) is 1. The molecule has 21 heavy (non-hydrogen) atoms. The van der Waals surface area contributed by atoms with Crippen LogP contribution in [-0.4, -0.2) is 5.78 Å². The summed E-state index contributed by atoms with van der Waals surface area (Å²) in [6.07, 6.45) is 4.82. The Kier molecular flexibility index (Phi) is 5.12. The number of rotatable bonds is 3. The van der Waals surface area contributed by atoms with Gasteiger partial charge in [0.05, 0.1) is 0 Å². The van der Waals surface area contributed by atoms with E-state index in [4.69, 9.17) is 0 Å². The molecule has 0 saturated heterocycles. The molecule has 0 aliphatic carbocycles. The van der Waals surface area contributed by atoms with Crippen molar-refractivity contribution in [2.45, 2.75) is 20.3 Å². The first-order valence-electron chi connectivity index (χ1n) is 7.07. The molecule has 2 aromatic rings. The third kappa shape index (κ3) is 4.47. The lowest BCUT2D eigenvalue weighted by molar-refractivity contribution is 0.101. The van der Waals surface area contributed by atoms with Crippen molar-refractivity contribution in [3.63, 3.8) is 0 Å². The van der Waals surface area contributed by atoms with E-state index in [0.717, 1.165) is 23.1 Å². The van der Waals surface area contributed by atoms with Gasteiger partial charge in [-0.25, -0.2) is 0 Å². The number of carbonyl (C=O) groups is 1. The Morgan fingerprint density at radius 3 is 2.29 bits per heavy atom. The number of carbonyl (C=O) groups excluding carboxylic acids is 1. The maximum atomic E-state index is 11.2. The van der Waals surface area contributed by atoms with Gasteiger partial charge in [0, 0.05) is 11.1 Å². The molecule has 0 aliphatic heterocycles. The van der Waals surface area contributed by atoms with Crippen LogP contribution in [0.5, 0.6) is 0 Å². The van der Waals surface area contributed by atoms with Crippen molar-refractivity contribution >= 4 is 11.9 Å². The summed E-state index contributed by atoms with van der Waals surface area (Å²) in [6.45, 7) is 3.71. The van der Waals surface area contributed by atoms with E-state index in [1.165, 1.54) is 5.56 Å². The molecule has 0 aliphatic rings. The van der Waals surface area contributed by atoms with Crippen molar-refractivity contribution in [3.8, 4) is 11.8 Å². The van der Waals surface area contributed by atoms with Gasteiger partial charge in [0.15, 0.2) is 5.78 Å². The van der Waals surface area contributed by atoms with Gasteiger partial charge in [0.2, 0.25) is 0 Å². The average molecular weight is 274 g/mol. The van der Waals surface area contributed by atoms with Crippen LogP contribution in [0.1, 0.15) is 40.9 Å². The predicted octanol–water partition coefficient (Wildman–Crippen LogP) is 4.52. The highest BCUT2D eigenvalue weighted by atomic mass is 16.1. The normalized spacial score (nSPS) is 10.2. The number of allylic oxidation sites excluding steroid dienone is 1. The lowest BCUT2D eigenvalue weighted by atomic mass is 10.1. The third-order valence-electron chi connectivity index (χ3n) is 3.26. The Morgan fingerprint density at radius 1 is 1.05 bits per heavy atom. The molecule has 0 aromatic heterocycles. The van der Waals surface area contributed by atoms with Gasteiger partial charge >= 0.3 is 0 Å². The summed E-state index contributed by atoms with van der Waals surface area (Å²) < 4.78 is 0. The lowest BCUT2D eigenvalue weighted by Crippen LogP contribution is -1.90. The van der Waals surface area contributed by atoms with Gasteiger partial charge in [-0.1, -0.05) is 55.2 Å². The fourth-order valence-electron chi connectivity index (χ4n) is 1.92. The molecule has 0 radical (unpaired) electrons. The molecule has 104 valence electrons. The molecular formula is C20H18O. The fourth-order valence-corrected chi connectivity index (χ4v) is 1.92. The number of ketones is 1. The molecule has 1 nitrogen and oxygen atoms in total. The van der Waals surface area contributed by atoms with E-state index < -0.39 is 0 Å². The Morgan fingerprint density at radius 2 is 1.71 bits per heavy atom. The number of hydrogen-bond donors (Lipinski definition) is 0. The number of hydrogen-bond acceptors (Lipinski definition) is 1. The highest BCUT2D eigenvalue weighted by molar-refractivity contribution is 5.94. The Hall–Kier alpha value is -2.59. The first-order valence-corrected chi connectivity index (χ1v) is 7.07. The van der Waals surface area contributed by atoms with Gasteiger partial charge in [0.25, 0.3) is 0 Å². The molecule has 0 atom stereocenters. The minimum Gasteiger partial charge on any atom is -0.295 e. The van der Waals surface area contributed by atoms with E-state index in [2.05, 4.69) is 30.9 Å². The smallest absolute Gasteiger partial charge is 0.159 e. The first-order chi connectivity index (χ1) is 10.2. The topological polar surface area (TPSA) is 17.1 Å². The zero-order valence-electron chi connectivity index (χ0n) is 12.4. The summed E-state index contributed by atoms with van der Waals surface area (Å²) in [5, 5.41) is 0. The Balaban J connectivity index is 2.01. The van der Waals surface area contributed by atoms with Crippen LogP contribution in [0.3, 0.4) is 0 Å². The van der Waals surface area contributed by atoms with Crippen LogP contribution in [0.4, 0.5) is 0 Å². The molecular weight excluding hydrogens is 256 g/mol. The summed E-state index contributed by atoms with van der Waals surface area (Å²) in [4.78, 5) is 11.2. The number of benzene rings is 2. The maximum Gasteiger partial charge on any atom is 0.159 e. The highest BCUT2D eigenvalue weighted by Crippen LogP contribution is 2.07. The summed E-state index contributed by atoms with van der Waals surface area (Å²) >= 11 is 0. The Bertz CT molecular complexity index is 692. The van der Waals surface area contributed by atoms with Gasteiger partial charge in [-0.15, -0.1) is 0 Å². The molecule has 0 spiro atoms. The monoisotopic (exact) mass is 274 g/mol. The minimum absolute atomic E-state index is 0.0841. The van der Waals surface area contributed by atoms with Crippen molar-refractivity contribution in [2.24, 2.45) is 0 Å². The lowest BCUT2D eigenvalue weighted by Gasteiger charge is -1.95. The summed E-state index contributed by atoms with van der Waals surface area (Å²) in [6, 6.07) is 15.8. The Labute approximate surface area is 126 Å². The van der Waals surface area contributed by atoms with Gasteiger partial charge in [-0.3, -0.25) is 4.79 Å². The second-order valence-electron chi connectivity index (χ2n) is 4.83. The molecule has 0 amide bonds. The molecule has 0 heterocycles. The van der Waals surface area contributed by atoms with Gasteiger partial charge in [-0.2, -0.15) is 0 Å². The van der Waals surface area contributed by atoms with E-state index in [1.807, 2.05) is 48.6 Å². The molecule has 0 saturated carbocycles. The molecule has 1 heteroatoms. The van der Waals surface area contributed by atoms with E-state index >= 15 is 0 Å². The molecule has 0 unspecified atom stereocenters.